The Kier molecular flexibility index (Phi) is 4.84. The fourth-order valence-corrected chi connectivity index (χ4v) is 2.70. The van der Waals surface area contributed by atoms with Crippen LogP contribution < -0.4 is 5.73 Å². The van der Waals surface area contributed by atoms with E-state index in [1.807, 2.05) is 0 Å². The van der Waals surface area contributed by atoms with Crippen molar-refractivity contribution in [3.05, 3.63) is 0 Å². The van der Waals surface area contributed by atoms with Crippen molar-refractivity contribution >= 4 is 5.97 Å². The smallest absolute Gasteiger partial charge is 0.401 e. The summed E-state index contributed by atoms with van der Waals surface area (Å²) in [5, 5.41) is 9.10. The molecule has 0 saturated heterocycles. The number of halogens is 3. The molecule has 2 unspecified atom stereocenters. The van der Waals surface area contributed by atoms with Gasteiger partial charge < -0.3 is 10.8 Å². The molecule has 0 aliphatic heterocycles. The Labute approximate surface area is 110 Å². The molecule has 1 fully saturated rings. The second-order valence-electron chi connectivity index (χ2n) is 5.59. The molecule has 19 heavy (non-hydrogen) atoms. The maximum absolute atomic E-state index is 12.6. The molecule has 1 saturated carbocycles. The Morgan fingerprint density at radius 2 is 2.11 bits per heavy atom. The largest absolute Gasteiger partial charge is 0.480 e. The van der Waals surface area contributed by atoms with Crippen LogP contribution in [0.5, 0.6) is 0 Å². The van der Waals surface area contributed by atoms with Gasteiger partial charge in [0, 0.05) is 12.1 Å². The number of carboxylic acid groups (broad SMARTS) is 1. The van der Waals surface area contributed by atoms with E-state index in [4.69, 9.17) is 10.8 Å². The zero-order chi connectivity index (χ0) is 14.8. The molecule has 0 aromatic carbocycles. The van der Waals surface area contributed by atoms with E-state index in [9.17, 15) is 18.0 Å². The Morgan fingerprint density at radius 3 is 2.53 bits per heavy atom. The van der Waals surface area contributed by atoms with Gasteiger partial charge in [0.15, 0.2) is 0 Å². The molecule has 3 N–H and O–H groups in total. The minimum atomic E-state index is -4.29. The second kappa shape index (κ2) is 5.66. The van der Waals surface area contributed by atoms with E-state index in [0.29, 0.717) is 19.3 Å². The first-order valence-corrected chi connectivity index (χ1v) is 6.40. The van der Waals surface area contributed by atoms with Crippen molar-refractivity contribution in [2.75, 3.05) is 6.54 Å². The van der Waals surface area contributed by atoms with E-state index in [0.717, 1.165) is 0 Å². The molecule has 0 aromatic heterocycles. The summed E-state index contributed by atoms with van der Waals surface area (Å²) in [7, 11) is 0. The number of carbonyl (C=O) groups is 1. The standard InChI is InChI=1S/C12H21F3N2O2/c1-8(2)17(7-12(13,14)15)9-4-3-5-11(16,6-9)10(18)19/h8-9H,3-7,16H2,1-2H3,(H,18,19). The monoisotopic (exact) mass is 282 g/mol. The minimum Gasteiger partial charge on any atom is -0.480 e. The summed E-state index contributed by atoms with van der Waals surface area (Å²) in [5.41, 5.74) is 4.39. The van der Waals surface area contributed by atoms with Gasteiger partial charge in [0.2, 0.25) is 0 Å². The van der Waals surface area contributed by atoms with Crippen LogP contribution >= 0.6 is 0 Å². The summed E-state index contributed by atoms with van der Waals surface area (Å²) < 4.78 is 37.7. The van der Waals surface area contributed by atoms with Gasteiger partial charge in [-0.2, -0.15) is 13.2 Å². The SMILES string of the molecule is CC(C)N(CC(F)(F)F)C1CCCC(N)(C(=O)O)C1. The molecule has 4 nitrogen and oxygen atoms in total. The molecule has 112 valence electrons. The van der Waals surface area contributed by atoms with Crippen molar-refractivity contribution in [2.24, 2.45) is 5.73 Å². The molecule has 0 spiro atoms. The number of hydrogen-bond acceptors (Lipinski definition) is 3. The van der Waals surface area contributed by atoms with Crippen LogP contribution in [0.15, 0.2) is 0 Å². The highest BCUT2D eigenvalue weighted by atomic mass is 19.4. The van der Waals surface area contributed by atoms with Crippen LogP contribution in [0.3, 0.4) is 0 Å². The molecule has 1 rings (SSSR count). The molecule has 0 aromatic rings. The van der Waals surface area contributed by atoms with Gasteiger partial charge in [-0.3, -0.25) is 9.69 Å². The van der Waals surface area contributed by atoms with Crippen LogP contribution in [0.1, 0.15) is 39.5 Å². The van der Waals surface area contributed by atoms with Gasteiger partial charge >= 0.3 is 12.1 Å². The normalized spacial score (nSPS) is 28.9. The van der Waals surface area contributed by atoms with Gasteiger partial charge in [-0.1, -0.05) is 0 Å². The summed E-state index contributed by atoms with van der Waals surface area (Å²) >= 11 is 0. The van der Waals surface area contributed by atoms with Crippen molar-refractivity contribution in [2.45, 2.75) is 63.3 Å². The Bertz CT molecular complexity index is 333. The van der Waals surface area contributed by atoms with Crippen molar-refractivity contribution < 1.29 is 23.1 Å². The van der Waals surface area contributed by atoms with E-state index >= 15 is 0 Å². The fraction of sp³-hybridized carbons (Fsp3) is 0.917. The van der Waals surface area contributed by atoms with Crippen LogP contribution in [-0.4, -0.2) is 46.3 Å². The number of hydrogen-bond donors (Lipinski definition) is 2. The molecule has 1 aliphatic rings. The predicted molar refractivity (Wildman–Crippen MR) is 64.7 cm³/mol. The van der Waals surface area contributed by atoms with Crippen molar-refractivity contribution in [3.63, 3.8) is 0 Å². The number of alkyl halides is 3. The van der Waals surface area contributed by atoms with Crippen molar-refractivity contribution in [1.82, 2.24) is 4.90 Å². The van der Waals surface area contributed by atoms with Crippen molar-refractivity contribution in [1.29, 1.82) is 0 Å². The number of aliphatic carboxylic acids is 1. The maximum atomic E-state index is 12.6. The first-order chi connectivity index (χ1) is 8.55. The van der Waals surface area contributed by atoms with Crippen LogP contribution in [0.4, 0.5) is 13.2 Å². The number of carboxylic acids is 1. The molecular weight excluding hydrogens is 261 g/mol. The Morgan fingerprint density at radius 1 is 1.53 bits per heavy atom. The number of nitrogens with zero attached hydrogens (tertiary/aromatic N) is 1. The molecular formula is C12H21F3N2O2. The first-order valence-electron chi connectivity index (χ1n) is 6.40. The van der Waals surface area contributed by atoms with Crippen molar-refractivity contribution in [3.8, 4) is 0 Å². The quantitative estimate of drug-likeness (QED) is 0.827. The third-order valence-electron chi connectivity index (χ3n) is 3.68. The lowest BCUT2D eigenvalue weighted by Crippen LogP contribution is -2.57. The third-order valence-corrected chi connectivity index (χ3v) is 3.68. The zero-order valence-corrected chi connectivity index (χ0v) is 11.2. The molecule has 1 aliphatic carbocycles. The maximum Gasteiger partial charge on any atom is 0.401 e. The second-order valence-corrected chi connectivity index (χ2v) is 5.59. The van der Waals surface area contributed by atoms with Crippen LogP contribution in [0.25, 0.3) is 0 Å². The lowest BCUT2D eigenvalue weighted by Gasteiger charge is -2.42. The summed E-state index contributed by atoms with van der Waals surface area (Å²) in [6.45, 7) is 2.34. The van der Waals surface area contributed by atoms with E-state index in [1.165, 1.54) is 4.90 Å². The summed E-state index contributed by atoms with van der Waals surface area (Å²) in [4.78, 5) is 12.4. The van der Waals surface area contributed by atoms with E-state index < -0.39 is 30.3 Å². The molecule has 2 atom stereocenters. The molecule has 7 heteroatoms. The van der Waals surface area contributed by atoms with Crippen LogP contribution in [0, 0.1) is 0 Å². The average molecular weight is 282 g/mol. The van der Waals surface area contributed by atoms with Gasteiger partial charge in [0.25, 0.3) is 0 Å². The zero-order valence-electron chi connectivity index (χ0n) is 11.2. The number of nitrogens with two attached hydrogens (primary N) is 1. The third kappa shape index (κ3) is 4.35. The highest BCUT2D eigenvalue weighted by Gasteiger charge is 2.43. The predicted octanol–water partition coefficient (Wildman–Crippen LogP) is 1.98. The Hall–Kier alpha value is -0.820. The molecule has 0 radical (unpaired) electrons. The highest BCUT2D eigenvalue weighted by molar-refractivity contribution is 5.78. The minimum absolute atomic E-state index is 0.0661. The van der Waals surface area contributed by atoms with Gasteiger partial charge in [0.05, 0.1) is 6.54 Å². The van der Waals surface area contributed by atoms with Crippen LogP contribution in [0.2, 0.25) is 0 Å². The molecule has 0 bridgehead atoms. The highest BCUT2D eigenvalue weighted by Crippen LogP contribution is 2.32. The molecule has 0 amide bonds. The van der Waals surface area contributed by atoms with Gasteiger partial charge in [-0.25, -0.2) is 0 Å². The summed E-state index contributed by atoms with van der Waals surface area (Å²) in [5.74, 6) is -1.13. The lowest BCUT2D eigenvalue weighted by atomic mass is 9.79. The summed E-state index contributed by atoms with van der Waals surface area (Å²) in [6, 6.07) is -0.737. The first kappa shape index (κ1) is 16.2. The lowest BCUT2D eigenvalue weighted by molar-refractivity contribution is -0.160. The fourth-order valence-electron chi connectivity index (χ4n) is 2.70. The van der Waals surface area contributed by atoms with E-state index in [-0.39, 0.29) is 12.5 Å². The average Bonchev–Trinajstić information content (AvgIpc) is 2.24. The molecule has 0 heterocycles. The topological polar surface area (TPSA) is 66.6 Å². The van der Waals surface area contributed by atoms with Crippen LogP contribution in [-0.2, 0) is 4.79 Å². The van der Waals surface area contributed by atoms with Gasteiger partial charge in [-0.05, 0) is 39.5 Å². The van der Waals surface area contributed by atoms with E-state index in [1.54, 1.807) is 13.8 Å². The van der Waals surface area contributed by atoms with E-state index in [2.05, 4.69) is 0 Å². The Balaban J connectivity index is 2.83. The van der Waals surface area contributed by atoms with Gasteiger partial charge in [-0.15, -0.1) is 0 Å². The van der Waals surface area contributed by atoms with Gasteiger partial charge in [0.1, 0.15) is 5.54 Å². The summed E-state index contributed by atoms with van der Waals surface area (Å²) in [6.07, 6.45) is -2.81. The number of rotatable bonds is 4.